The Balaban J connectivity index is 2.14. The molecular formula is C15H18N2O3. The van der Waals surface area contributed by atoms with Crippen LogP contribution in [0.25, 0.3) is 0 Å². The van der Waals surface area contributed by atoms with Crippen molar-refractivity contribution >= 4 is 17.7 Å². The fourth-order valence-corrected chi connectivity index (χ4v) is 2.50. The minimum atomic E-state index is -0.928. The topological polar surface area (TPSA) is 79.3 Å². The third-order valence-electron chi connectivity index (χ3n) is 3.44. The number of hydrogen-bond donors (Lipinski definition) is 2. The van der Waals surface area contributed by atoms with Crippen molar-refractivity contribution in [1.29, 1.82) is 0 Å². The number of amides is 1. The maximum absolute atomic E-state index is 12.3. The Kier molecular flexibility index (Phi) is 4.17. The number of carbonyl (C=O) groups is 2. The van der Waals surface area contributed by atoms with Crippen molar-refractivity contribution in [2.24, 2.45) is 11.8 Å². The highest BCUT2D eigenvalue weighted by Crippen LogP contribution is 2.27. The maximum atomic E-state index is 12.3. The van der Waals surface area contributed by atoms with E-state index in [1.54, 1.807) is 6.07 Å². The molecule has 0 fully saturated rings. The molecular weight excluding hydrogens is 256 g/mol. The molecule has 5 nitrogen and oxygen atoms in total. The molecule has 0 saturated heterocycles. The molecule has 2 atom stereocenters. The molecule has 106 valence electrons. The minimum Gasteiger partial charge on any atom is -0.481 e. The Hall–Kier alpha value is -2.17. The van der Waals surface area contributed by atoms with Crippen molar-refractivity contribution in [3.05, 3.63) is 35.5 Å². The smallest absolute Gasteiger partial charge is 0.307 e. The predicted octanol–water partition coefficient (Wildman–Crippen LogP) is 2.30. The van der Waals surface area contributed by atoms with E-state index in [2.05, 4.69) is 10.3 Å². The van der Waals surface area contributed by atoms with Crippen LogP contribution in [0.4, 0.5) is 5.82 Å². The third-order valence-corrected chi connectivity index (χ3v) is 3.44. The first-order chi connectivity index (χ1) is 9.47. The molecule has 1 aliphatic carbocycles. The van der Waals surface area contributed by atoms with Crippen LogP contribution in [0.2, 0.25) is 0 Å². The second kappa shape index (κ2) is 5.86. The van der Waals surface area contributed by atoms with E-state index < -0.39 is 17.8 Å². The number of carboxylic acids is 1. The quantitative estimate of drug-likeness (QED) is 0.829. The highest BCUT2D eigenvalue weighted by Gasteiger charge is 2.34. The van der Waals surface area contributed by atoms with Gasteiger partial charge in [0.05, 0.1) is 11.8 Å². The second-order valence-corrected chi connectivity index (χ2v) is 5.15. The van der Waals surface area contributed by atoms with Crippen molar-refractivity contribution in [3.8, 4) is 0 Å². The van der Waals surface area contributed by atoms with Crippen molar-refractivity contribution in [2.45, 2.75) is 26.7 Å². The van der Waals surface area contributed by atoms with Gasteiger partial charge < -0.3 is 10.4 Å². The van der Waals surface area contributed by atoms with E-state index in [-0.39, 0.29) is 5.91 Å². The average molecular weight is 274 g/mol. The number of pyridine rings is 1. The number of anilines is 1. The van der Waals surface area contributed by atoms with Crippen LogP contribution in [-0.4, -0.2) is 22.0 Å². The molecule has 5 heteroatoms. The van der Waals surface area contributed by atoms with E-state index in [0.29, 0.717) is 18.7 Å². The number of aliphatic carboxylic acids is 1. The van der Waals surface area contributed by atoms with Gasteiger partial charge in [-0.15, -0.1) is 0 Å². The Labute approximate surface area is 117 Å². The molecule has 1 aromatic rings. The summed E-state index contributed by atoms with van der Waals surface area (Å²) in [6.07, 6.45) is 4.53. The fraction of sp³-hybridized carbons (Fsp3) is 0.400. The van der Waals surface area contributed by atoms with Gasteiger partial charge >= 0.3 is 5.97 Å². The number of hydrogen-bond acceptors (Lipinski definition) is 3. The summed E-state index contributed by atoms with van der Waals surface area (Å²) >= 11 is 0. The zero-order valence-corrected chi connectivity index (χ0v) is 11.6. The van der Waals surface area contributed by atoms with Crippen LogP contribution >= 0.6 is 0 Å². The van der Waals surface area contributed by atoms with Gasteiger partial charge in [-0.2, -0.15) is 0 Å². The zero-order chi connectivity index (χ0) is 14.7. The summed E-state index contributed by atoms with van der Waals surface area (Å²) in [5.74, 6) is -1.93. The van der Waals surface area contributed by atoms with Crippen LogP contribution in [0.1, 0.15) is 24.1 Å². The molecule has 20 heavy (non-hydrogen) atoms. The number of nitrogens with zero attached hydrogens (tertiary/aromatic N) is 1. The van der Waals surface area contributed by atoms with Gasteiger partial charge in [-0.1, -0.05) is 12.2 Å². The molecule has 0 spiro atoms. The van der Waals surface area contributed by atoms with E-state index in [9.17, 15) is 14.7 Å². The summed E-state index contributed by atoms with van der Waals surface area (Å²) in [6.45, 7) is 3.78. The molecule has 2 N–H and O–H groups in total. The van der Waals surface area contributed by atoms with Gasteiger partial charge in [0.1, 0.15) is 5.82 Å². The van der Waals surface area contributed by atoms with Crippen molar-refractivity contribution < 1.29 is 14.7 Å². The Morgan fingerprint density at radius 3 is 2.45 bits per heavy atom. The molecule has 2 unspecified atom stereocenters. The third kappa shape index (κ3) is 3.23. The molecule has 0 saturated carbocycles. The van der Waals surface area contributed by atoms with Crippen molar-refractivity contribution in [2.75, 3.05) is 5.32 Å². The molecule has 2 rings (SSSR count). The molecule has 1 aromatic heterocycles. The Morgan fingerprint density at radius 1 is 1.20 bits per heavy atom. The molecule has 1 heterocycles. The number of aryl methyl sites for hydroxylation is 2. The summed E-state index contributed by atoms with van der Waals surface area (Å²) in [4.78, 5) is 27.7. The predicted molar refractivity (Wildman–Crippen MR) is 75.3 cm³/mol. The summed E-state index contributed by atoms with van der Waals surface area (Å²) in [7, 11) is 0. The van der Waals surface area contributed by atoms with Crippen LogP contribution in [-0.2, 0) is 9.59 Å². The number of carboxylic acid groups (broad SMARTS) is 1. The standard InChI is InChI=1S/C15H18N2O3/c1-9-7-10(2)16-13(8-9)17-14(18)11-5-3-4-6-12(11)15(19)20/h3-4,7-8,11-12H,5-6H2,1-2H3,(H,19,20)(H,16,17,18). The highest BCUT2D eigenvalue weighted by atomic mass is 16.4. The SMILES string of the molecule is Cc1cc(C)nc(NC(=O)C2CC=CCC2C(=O)O)c1. The molecule has 0 aliphatic heterocycles. The first-order valence-electron chi connectivity index (χ1n) is 6.61. The van der Waals surface area contributed by atoms with E-state index in [1.807, 2.05) is 32.1 Å². The lowest BCUT2D eigenvalue weighted by Gasteiger charge is -2.24. The first kappa shape index (κ1) is 14.2. The van der Waals surface area contributed by atoms with Gasteiger partial charge in [-0.05, 0) is 44.4 Å². The second-order valence-electron chi connectivity index (χ2n) is 5.15. The van der Waals surface area contributed by atoms with Crippen molar-refractivity contribution in [3.63, 3.8) is 0 Å². The van der Waals surface area contributed by atoms with Crippen molar-refractivity contribution in [1.82, 2.24) is 4.98 Å². The average Bonchev–Trinajstić information content (AvgIpc) is 2.37. The van der Waals surface area contributed by atoms with Crippen LogP contribution in [0.3, 0.4) is 0 Å². The number of carbonyl (C=O) groups excluding carboxylic acids is 1. The van der Waals surface area contributed by atoms with E-state index in [0.717, 1.165) is 11.3 Å². The van der Waals surface area contributed by atoms with Gasteiger partial charge in [-0.25, -0.2) is 4.98 Å². The van der Waals surface area contributed by atoms with Gasteiger partial charge in [-0.3, -0.25) is 9.59 Å². The van der Waals surface area contributed by atoms with Crippen LogP contribution in [0, 0.1) is 25.7 Å². The summed E-state index contributed by atoms with van der Waals surface area (Å²) in [5, 5.41) is 11.9. The number of aromatic nitrogens is 1. The van der Waals surface area contributed by atoms with E-state index in [1.165, 1.54) is 0 Å². The maximum Gasteiger partial charge on any atom is 0.307 e. The van der Waals surface area contributed by atoms with Crippen LogP contribution in [0.5, 0.6) is 0 Å². The van der Waals surface area contributed by atoms with Crippen LogP contribution in [0.15, 0.2) is 24.3 Å². The lowest BCUT2D eigenvalue weighted by atomic mass is 9.82. The monoisotopic (exact) mass is 274 g/mol. The van der Waals surface area contributed by atoms with E-state index in [4.69, 9.17) is 0 Å². The van der Waals surface area contributed by atoms with Gasteiger partial charge in [0.25, 0.3) is 0 Å². The normalized spacial score (nSPS) is 21.5. The molecule has 1 aliphatic rings. The first-order valence-corrected chi connectivity index (χ1v) is 6.61. The minimum absolute atomic E-state index is 0.278. The number of rotatable bonds is 3. The summed E-state index contributed by atoms with van der Waals surface area (Å²) in [5.41, 5.74) is 1.82. The molecule has 0 bridgehead atoms. The lowest BCUT2D eigenvalue weighted by Crippen LogP contribution is -2.35. The largest absolute Gasteiger partial charge is 0.481 e. The lowest BCUT2D eigenvalue weighted by molar-refractivity contribution is -0.146. The molecule has 0 aromatic carbocycles. The zero-order valence-electron chi connectivity index (χ0n) is 11.6. The fourth-order valence-electron chi connectivity index (χ4n) is 2.50. The number of nitrogens with one attached hydrogen (secondary N) is 1. The number of allylic oxidation sites excluding steroid dienone is 2. The summed E-state index contributed by atoms with van der Waals surface area (Å²) in [6, 6.07) is 3.69. The van der Waals surface area contributed by atoms with E-state index >= 15 is 0 Å². The van der Waals surface area contributed by atoms with Crippen LogP contribution < -0.4 is 5.32 Å². The Morgan fingerprint density at radius 2 is 1.85 bits per heavy atom. The Bertz CT molecular complexity index is 546. The van der Waals surface area contributed by atoms with Gasteiger partial charge in [0.15, 0.2) is 0 Å². The molecule has 0 radical (unpaired) electrons. The van der Waals surface area contributed by atoms with Gasteiger partial charge in [0, 0.05) is 5.69 Å². The molecule has 1 amide bonds. The van der Waals surface area contributed by atoms with Gasteiger partial charge in [0.2, 0.25) is 5.91 Å². The highest BCUT2D eigenvalue weighted by molar-refractivity contribution is 5.94. The summed E-state index contributed by atoms with van der Waals surface area (Å²) < 4.78 is 0.